The molecule has 0 aliphatic rings. The number of para-hydroxylation sites is 1. The molecular weight excluding hydrogens is 641 g/mol. The summed E-state index contributed by atoms with van der Waals surface area (Å²) in [5.74, 6) is 0. The van der Waals surface area contributed by atoms with Gasteiger partial charge in [-0.3, -0.25) is 0 Å². The molecule has 0 saturated carbocycles. The van der Waals surface area contributed by atoms with Gasteiger partial charge < -0.3 is 9.32 Å². The molecular formula is C47H28N2OS. The molecule has 0 N–H and O–H groups in total. The van der Waals surface area contributed by atoms with Crippen LogP contribution in [0.4, 0.5) is 17.1 Å². The van der Waals surface area contributed by atoms with Crippen molar-refractivity contribution in [3.63, 3.8) is 0 Å². The van der Waals surface area contributed by atoms with Crippen molar-refractivity contribution in [1.29, 1.82) is 0 Å². The SMILES string of the molecule is c1ccc2c(c1)oc1ccc(N(c3ccc(-c4ccc5c6ccccc6c6ccccc6c5c4)cc3)c3ccnc4sc5ccccc5c34)cc12. The van der Waals surface area contributed by atoms with Crippen molar-refractivity contribution in [2.24, 2.45) is 0 Å². The second kappa shape index (κ2) is 11.0. The van der Waals surface area contributed by atoms with Crippen molar-refractivity contribution in [2.45, 2.75) is 0 Å². The number of benzene rings is 8. The summed E-state index contributed by atoms with van der Waals surface area (Å²) in [6.45, 7) is 0. The number of thiophene rings is 1. The van der Waals surface area contributed by atoms with Crippen LogP contribution in [0.1, 0.15) is 0 Å². The molecule has 238 valence electrons. The minimum atomic E-state index is 0.882. The Balaban J connectivity index is 1.10. The average molecular weight is 669 g/mol. The van der Waals surface area contributed by atoms with Crippen molar-refractivity contribution < 1.29 is 4.42 Å². The van der Waals surface area contributed by atoms with Gasteiger partial charge in [-0.05, 0) is 98.0 Å². The van der Waals surface area contributed by atoms with Gasteiger partial charge in [-0.25, -0.2) is 4.98 Å². The van der Waals surface area contributed by atoms with Crippen LogP contribution in [0.2, 0.25) is 0 Å². The molecule has 11 rings (SSSR count). The van der Waals surface area contributed by atoms with Crippen molar-refractivity contribution in [3.8, 4) is 11.1 Å². The molecule has 4 heteroatoms. The summed E-state index contributed by atoms with van der Waals surface area (Å²) in [6, 6.07) is 59.0. The van der Waals surface area contributed by atoms with Crippen molar-refractivity contribution in [2.75, 3.05) is 4.90 Å². The van der Waals surface area contributed by atoms with Crippen LogP contribution in [0, 0.1) is 0 Å². The molecule has 11 aromatic rings. The highest BCUT2D eigenvalue weighted by Gasteiger charge is 2.20. The Morgan fingerprint density at radius 3 is 1.78 bits per heavy atom. The number of hydrogen-bond donors (Lipinski definition) is 0. The van der Waals surface area contributed by atoms with Gasteiger partial charge in [0.25, 0.3) is 0 Å². The smallest absolute Gasteiger partial charge is 0.135 e. The van der Waals surface area contributed by atoms with Crippen LogP contribution in [0.3, 0.4) is 0 Å². The van der Waals surface area contributed by atoms with Gasteiger partial charge in [0, 0.05) is 43.8 Å². The Kier molecular flexibility index (Phi) is 6.12. The first-order chi connectivity index (χ1) is 25.3. The maximum absolute atomic E-state index is 6.23. The maximum atomic E-state index is 6.23. The normalized spacial score (nSPS) is 11.9. The topological polar surface area (TPSA) is 29.3 Å². The number of anilines is 3. The van der Waals surface area contributed by atoms with Gasteiger partial charge in [-0.1, -0.05) is 109 Å². The van der Waals surface area contributed by atoms with Crippen LogP contribution in [-0.2, 0) is 0 Å². The van der Waals surface area contributed by atoms with Crippen LogP contribution in [0.25, 0.3) is 85.7 Å². The molecule has 0 fully saturated rings. The second-order valence-electron chi connectivity index (χ2n) is 13.1. The van der Waals surface area contributed by atoms with E-state index in [2.05, 4.69) is 157 Å². The number of pyridine rings is 1. The zero-order valence-corrected chi connectivity index (χ0v) is 28.2. The van der Waals surface area contributed by atoms with Crippen molar-refractivity contribution >= 4 is 103 Å². The van der Waals surface area contributed by atoms with Crippen LogP contribution in [0.5, 0.6) is 0 Å². The van der Waals surface area contributed by atoms with Gasteiger partial charge >= 0.3 is 0 Å². The lowest BCUT2D eigenvalue weighted by atomic mass is 9.92. The van der Waals surface area contributed by atoms with E-state index in [0.29, 0.717) is 0 Å². The fourth-order valence-corrected chi connectivity index (χ4v) is 9.05. The summed E-state index contributed by atoms with van der Waals surface area (Å²) in [6.07, 6.45) is 1.93. The summed E-state index contributed by atoms with van der Waals surface area (Å²) in [4.78, 5) is 8.23. The molecule has 0 radical (unpaired) electrons. The second-order valence-corrected chi connectivity index (χ2v) is 14.2. The van der Waals surface area contributed by atoms with E-state index in [1.54, 1.807) is 11.3 Å². The zero-order chi connectivity index (χ0) is 33.5. The van der Waals surface area contributed by atoms with E-state index in [-0.39, 0.29) is 0 Å². The highest BCUT2D eigenvalue weighted by Crippen LogP contribution is 2.45. The van der Waals surface area contributed by atoms with Crippen molar-refractivity contribution in [1.82, 2.24) is 4.98 Å². The van der Waals surface area contributed by atoms with Gasteiger partial charge in [-0.2, -0.15) is 0 Å². The lowest BCUT2D eigenvalue weighted by molar-refractivity contribution is 0.669. The summed E-state index contributed by atoms with van der Waals surface area (Å²) in [5.41, 5.74) is 7.39. The van der Waals surface area contributed by atoms with E-state index in [1.807, 2.05) is 18.3 Å². The summed E-state index contributed by atoms with van der Waals surface area (Å²) < 4.78 is 7.46. The number of rotatable bonds is 4. The van der Waals surface area contributed by atoms with Gasteiger partial charge in [0.05, 0.1) is 5.69 Å². The highest BCUT2D eigenvalue weighted by molar-refractivity contribution is 7.25. The van der Waals surface area contributed by atoms with Gasteiger partial charge in [0.2, 0.25) is 0 Å². The minimum Gasteiger partial charge on any atom is -0.456 e. The zero-order valence-electron chi connectivity index (χ0n) is 27.4. The molecule has 0 aliphatic heterocycles. The maximum Gasteiger partial charge on any atom is 0.135 e. The largest absolute Gasteiger partial charge is 0.456 e. The van der Waals surface area contributed by atoms with Gasteiger partial charge in [0.15, 0.2) is 0 Å². The Morgan fingerprint density at radius 2 is 1.02 bits per heavy atom. The Hall–Kier alpha value is -6.49. The first-order valence-electron chi connectivity index (χ1n) is 17.2. The van der Waals surface area contributed by atoms with E-state index in [0.717, 1.165) is 49.2 Å². The molecule has 0 bridgehead atoms. The molecule has 0 spiro atoms. The van der Waals surface area contributed by atoms with Crippen LogP contribution >= 0.6 is 11.3 Å². The standard InChI is InChI=1S/C47H28N2OS/c1-2-11-35-33(9-1)34-10-3-4-12-36(34)40-27-30(19-23-37(35)40)29-17-20-31(21-18-29)49(32-22-24-44-41(28-32)38-13-5-7-15-43(38)50-44)42-25-26-48-47-46(42)39-14-6-8-16-45(39)51-47/h1-28H. The lowest BCUT2D eigenvalue weighted by Gasteiger charge is -2.26. The Bertz CT molecular complexity index is 3120. The monoisotopic (exact) mass is 668 g/mol. The van der Waals surface area contributed by atoms with E-state index in [1.165, 1.54) is 53.5 Å². The molecule has 3 nitrogen and oxygen atoms in total. The van der Waals surface area contributed by atoms with Crippen molar-refractivity contribution in [3.05, 3.63) is 170 Å². The van der Waals surface area contributed by atoms with E-state index >= 15 is 0 Å². The fourth-order valence-electron chi connectivity index (χ4n) is 7.99. The Labute approximate surface area is 297 Å². The molecule has 0 aliphatic carbocycles. The third kappa shape index (κ3) is 4.33. The van der Waals surface area contributed by atoms with Crippen LogP contribution < -0.4 is 4.90 Å². The number of hydrogen-bond acceptors (Lipinski definition) is 4. The summed E-state index contributed by atoms with van der Waals surface area (Å²) >= 11 is 1.74. The third-order valence-electron chi connectivity index (χ3n) is 10.3. The number of fused-ring (bicyclic) bond motifs is 12. The molecule has 3 heterocycles. The summed E-state index contributed by atoms with van der Waals surface area (Å²) in [5, 5.41) is 12.3. The highest BCUT2D eigenvalue weighted by atomic mass is 32.1. The van der Waals surface area contributed by atoms with Gasteiger partial charge in [0.1, 0.15) is 16.0 Å². The quantitative estimate of drug-likeness (QED) is 0.175. The minimum absolute atomic E-state index is 0.882. The van der Waals surface area contributed by atoms with Crippen LogP contribution in [-0.4, -0.2) is 4.98 Å². The van der Waals surface area contributed by atoms with E-state index < -0.39 is 0 Å². The molecule has 8 aromatic carbocycles. The van der Waals surface area contributed by atoms with Gasteiger partial charge in [-0.15, -0.1) is 11.3 Å². The van der Waals surface area contributed by atoms with E-state index in [4.69, 9.17) is 9.40 Å². The molecule has 0 unspecified atom stereocenters. The summed E-state index contributed by atoms with van der Waals surface area (Å²) in [7, 11) is 0. The molecule has 3 aromatic heterocycles. The molecule has 51 heavy (non-hydrogen) atoms. The predicted molar refractivity (Wildman–Crippen MR) is 217 cm³/mol. The molecule has 0 saturated heterocycles. The first-order valence-corrected chi connectivity index (χ1v) is 18.0. The lowest BCUT2D eigenvalue weighted by Crippen LogP contribution is -2.10. The molecule has 0 atom stereocenters. The first kappa shape index (κ1) is 28.4. The Morgan fingerprint density at radius 1 is 0.431 bits per heavy atom. The predicted octanol–water partition coefficient (Wildman–Crippen LogP) is 13.9. The average Bonchev–Trinajstić information content (AvgIpc) is 3.77. The molecule has 0 amide bonds. The third-order valence-corrected chi connectivity index (χ3v) is 11.4. The number of furan rings is 1. The number of aromatic nitrogens is 1. The fraction of sp³-hybridized carbons (Fsp3) is 0. The van der Waals surface area contributed by atoms with Crippen LogP contribution in [0.15, 0.2) is 174 Å². The number of nitrogens with zero attached hydrogens (tertiary/aromatic N) is 2. The van der Waals surface area contributed by atoms with E-state index in [9.17, 15) is 0 Å².